The maximum Gasteiger partial charge on any atom is 0.336 e. The van der Waals surface area contributed by atoms with E-state index < -0.39 is 17.9 Å². The Morgan fingerprint density at radius 3 is 2.38 bits per heavy atom. The minimum atomic E-state index is -0.951. The second-order valence-corrected chi connectivity index (χ2v) is 6.33. The lowest BCUT2D eigenvalue weighted by Crippen LogP contribution is -2.21. The number of carboxylic acid groups (broad SMARTS) is 2. The topological polar surface area (TPSA) is 74.6 Å². The Kier molecular flexibility index (Phi) is 4.65. The second-order valence-electron chi connectivity index (χ2n) is 6.33. The summed E-state index contributed by atoms with van der Waals surface area (Å²) in [6.45, 7) is 0. The van der Waals surface area contributed by atoms with E-state index in [4.69, 9.17) is 0 Å². The Bertz CT molecular complexity index is 765. The normalized spacial score (nSPS) is 14.2. The summed E-state index contributed by atoms with van der Waals surface area (Å²) in [6, 6.07) is 13.2. The van der Waals surface area contributed by atoms with Crippen LogP contribution in [0, 0.1) is 5.92 Å². The highest BCUT2D eigenvalue weighted by molar-refractivity contribution is 5.92. The van der Waals surface area contributed by atoms with Crippen molar-refractivity contribution in [3.8, 4) is 0 Å². The lowest BCUT2D eigenvalue weighted by molar-refractivity contribution is -0.141. The van der Waals surface area contributed by atoms with Crippen LogP contribution in [-0.2, 0) is 30.5 Å². The van der Waals surface area contributed by atoms with Gasteiger partial charge in [-0.25, -0.2) is 4.79 Å². The van der Waals surface area contributed by atoms with Gasteiger partial charge in [-0.05, 0) is 54.4 Å². The fourth-order valence-corrected chi connectivity index (χ4v) is 3.56. The van der Waals surface area contributed by atoms with E-state index in [1.165, 1.54) is 0 Å². The molecular formula is C20H20O4. The summed E-state index contributed by atoms with van der Waals surface area (Å²) in [5.74, 6) is -2.48. The molecule has 0 bridgehead atoms. The van der Waals surface area contributed by atoms with Crippen molar-refractivity contribution in [1.29, 1.82) is 0 Å². The zero-order valence-electron chi connectivity index (χ0n) is 13.4. The molecule has 0 aromatic heterocycles. The highest BCUT2D eigenvalue weighted by Crippen LogP contribution is 2.30. The molecule has 0 spiro atoms. The molecule has 0 heterocycles. The summed E-state index contributed by atoms with van der Waals surface area (Å²) in [4.78, 5) is 23.4. The molecular weight excluding hydrogens is 304 g/mol. The molecule has 0 fully saturated rings. The van der Waals surface area contributed by atoms with Gasteiger partial charge in [0.1, 0.15) is 0 Å². The zero-order valence-corrected chi connectivity index (χ0v) is 13.4. The SMILES string of the molecule is O=C(O)c1c(CC(Cc2ccccc2)C(=O)O)ccc2c1CCC2. The van der Waals surface area contributed by atoms with Gasteiger partial charge in [-0.1, -0.05) is 42.5 Å². The third-order valence-corrected chi connectivity index (χ3v) is 4.72. The largest absolute Gasteiger partial charge is 0.481 e. The number of hydrogen-bond donors (Lipinski definition) is 2. The molecule has 1 unspecified atom stereocenters. The highest BCUT2D eigenvalue weighted by Gasteiger charge is 2.26. The van der Waals surface area contributed by atoms with Crippen LogP contribution in [0.2, 0.25) is 0 Å². The number of fused-ring (bicyclic) bond motifs is 1. The number of carboxylic acids is 2. The van der Waals surface area contributed by atoms with Gasteiger partial charge in [0.2, 0.25) is 0 Å². The van der Waals surface area contributed by atoms with Crippen molar-refractivity contribution >= 4 is 11.9 Å². The molecule has 1 atom stereocenters. The standard InChI is InChI=1S/C20H20O4/c21-19(22)16(11-13-5-2-1-3-6-13)12-15-10-9-14-7-4-8-17(14)18(15)20(23)24/h1-3,5-6,9-10,16H,4,7-8,11-12H2,(H,21,22)(H,23,24). The molecule has 124 valence electrons. The van der Waals surface area contributed by atoms with Crippen LogP contribution in [0.25, 0.3) is 0 Å². The van der Waals surface area contributed by atoms with Gasteiger partial charge in [-0.15, -0.1) is 0 Å². The molecule has 0 radical (unpaired) electrons. The Balaban J connectivity index is 1.90. The fraction of sp³-hybridized carbons (Fsp3) is 0.300. The van der Waals surface area contributed by atoms with E-state index in [1.54, 1.807) is 6.07 Å². The van der Waals surface area contributed by atoms with Gasteiger partial charge in [0.25, 0.3) is 0 Å². The third kappa shape index (κ3) is 3.32. The number of rotatable bonds is 6. The van der Waals surface area contributed by atoms with Crippen LogP contribution in [0.3, 0.4) is 0 Å². The Morgan fingerprint density at radius 2 is 1.71 bits per heavy atom. The number of aryl methyl sites for hydroxylation is 1. The number of aromatic carboxylic acids is 1. The maximum atomic E-state index is 11.7. The van der Waals surface area contributed by atoms with Gasteiger partial charge < -0.3 is 10.2 Å². The first-order valence-electron chi connectivity index (χ1n) is 8.20. The summed E-state index contributed by atoms with van der Waals surface area (Å²) in [6.07, 6.45) is 3.26. The number of benzene rings is 2. The average molecular weight is 324 g/mol. The van der Waals surface area contributed by atoms with Gasteiger partial charge in [0, 0.05) is 0 Å². The van der Waals surface area contributed by atoms with Crippen molar-refractivity contribution in [1.82, 2.24) is 0 Å². The highest BCUT2D eigenvalue weighted by atomic mass is 16.4. The summed E-state index contributed by atoms with van der Waals surface area (Å²) in [5.41, 5.74) is 3.88. The molecule has 2 N–H and O–H groups in total. The van der Waals surface area contributed by atoms with E-state index in [0.717, 1.165) is 36.0 Å². The van der Waals surface area contributed by atoms with Crippen molar-refractivity contribution < 1.29 is 19.8 Å². The van der Waals surface area contributed by atoms with Crippen LogP contribution in [-0.4, -0.2) is 22.2 Å². The first-order valence-corrected chi connectivity index (χ1v) is 8.20. The van der Waals surface area contributed by atoms with Crippen LogP contribution in [0.4, 0.5) is 0 Å². The smallest absolute Gasteiger partial charge is 0.336 e. The number of aliphatic carboxylic acids is 1. The van der Waals surface area contributed by atoms with Crippen molar-refractivity contribution in [2.45, 2.75) is 32.1 Å². The summed E-state index contributed by atoms with van der Waals surface area (Å²) in [5, 5.41) is 19.2. The van der Waals surface area contributed by atoms with Gasteiger partial charge in [-0.2, -0.15) is 0 Å². The molecule has 0 amide bonds. The molecule has 1 aliphatic carbocycles. The van der Waals surface area contributed by atoms with Crippen LogP contribution < -0.4 is 0 Å². The Labute approximate surface area is 140 Å². The first kappa shape index (κ1) is 16.2. The van der Waals surface area contributed by atoms with E-state index in [2.05, 4.69) is 0 Å². The maximum absolute atomic E-state index is 11.7. The van der Waals surface area contributed by atoms with Gasteiger partial charge in [0.05, 0.1) is 11.5 Å². The van der Waals surface area contributed by atoms with E-state index in [0.29, 0.717) is 17.5 Å². The van der Waals surface area contributed by atoms with E-state index in [1.807, 2.05) is 36.4 Å². The molecule has 0 aliphatic heterocycles. The summed E-state index contributed by atoms with van der Waals surface area (Å²) >= 11 is 0. The van der Waals surface area contributed by atoms with E-state index in [-0.39, 0.29) is 6.42 Å². The van der Waals surface area contributed by atoms with Crippen molar-refractivity contribution in [3.63, 3.8) is 0 Å². The summed E-state index contributed by atoms with van der Waals surface area (Å²) < 4.78 is 0. The van der Waals surface area contributed by atoms with Gasteiger partial charge >= 0.3 is 11.9 Å². The van der Waals surface area contributed by atoms with Gasteiger partial charge in [0.15, 0.2) is 0 Å². The zero-order chi connectivity index (χ0) is 17.1. The lowest BCUT2D eigenvalue weighted by atomic mass is 9.88. The molecule has 0 saturated carbocycles. The van der Waals surface area contributed by atoms with Gasteiger partial charge in [-0.3, -0.25) is 4.79 Å². The minimum absolute atomic E-state index is 0.235. The first-order chi connectivity index (χ1) is 11.6. The molecule has 0 saturated heterocycles. The lowest BCUT2D eigenvalue weighted by Gasteiger charge is -2.16. The van der Waals surface area contributed by atoms with Crippen molar-refractivity contribution in [2.24, 2.45) is 5.92 Å². The van der Waals surface area contributed by atoms with Crippen molar-refractivity contribution in [2.75, 3.05) is 0 Å². The summed E-state index contributed by atoms with van der Waals surface area (Å²) in [7, 11) is 0. The Hall–Kier alpha value is -2.62. The van der Waals surface area contributed by atoms with Crippen LogP contribution in [0.1, 0.15) is 39.0 Å². The average Bonchev–Trinajstić information content (AvgIpc) is 3.03. The van der Waals surface area contributed by atoms with Crippen LogP contribution >= 0.6 is 0 Å². The van der Waals surface area contributed by atoms with E-state index >= 15 is 0 Å². The quantitative estimate of drug-likeness (QED) is 0.854. The fourth-order valence-electron chi connectivity index (χ4n) is 3.56. The van der Waals surface area contributed by atoms with Crippen LogP contribution in [0.15, 0.2) is 42.5 Å². The molecule has 1 aliphatic rings. The molecule has 4 nitrogen and oxygen atoms in total. The third-order valence-electron chi connectivity index (χ3n) is 4.72. The predicted molar refractivity (Wildman–Crippen MR) is 90.4 cm³/mol. The predicted octanol–water partition coefficient (Wildman–Crippen LogP) is 3.36. The molecule has 4 heteroatoms. The Morgan fingerprint density at radius 1 is 0.958 bits per heavy atom. The molecule has 24 heavy (non-hydrogen) atoms. The monoisotopic (exact) mass is 324 g/mol. The molecule has 3 rings (SSSR count). The molecule has 2 aromatic rings. The second kappa shape index (κ2) is 6.87. The van der Waals surface area contributed by atoms with Crippen LogP contribution in [0.5, 0.6) is 0 Å². The molecule has 2 aromatic carbocycles. The van der Waals surface area contributed by atoms with E-state index in [9.17, 15) is 19.8 Å². The van der Waals surface area contributed by atoms with Crippen molar-refractivity contribution in [3.05, 3.63) is 70.3 Å². The number of hydrogen-bond acceptors (Lipinski definition) is 2. The number of carbonyl (C=O) groups is 2. The minimum Gasteiger partial charge on any atom is -0.481 e.